The predicted molar refractivity (Wildman–Crippen MR) is 129 cm³/mol. The van der Waals surface area contributed by atoms with Gasteiger partial charge in [0.15, 0.2) is 6.10 Å². The average Bonchev–Trinajstić information content (AvgIpc) is 3.34. The number of aliphatic hydroxyl groups is 1. The topological polar surface area (TPSA) is 128 Å². The number of likely N-dealkylation sites (N-methyl/N-ethyl adjacent to an activating group) is 1. The lowest BCUT2D eigenvalue weighted by molar-refractivity contribution is -0.192. The molecule has 36 heavy (non-hydrogen) atoms. The third-order valence-corrected chi connectivity index (χ3v) is 5.07. The predicted octanol–water partition coefficient (Wildman–Crippen LogP) is 4.09. The molecule has 3 rings (SSSR count). The number of aliphatic carboxylic acids is 1. The van der Waals surface area contributed by atoms with Crippen LogP contribution in [0, 0.1) is 0 Å². The second kappa shape index (κ2) is 13.0. The maximum atomic E-state index is 12.6. The van der Waals surface area contributed by atoms with Crippen molar-refractivity contribution >= 4 is 33.5 Å². The highest BCUT2D eigenvalue weighted by atomic mass is 79.9. The molecular weight excluding hydrogens is 549 g/mol. The highest BCUT2D eigenvalue weighted by molar-refractivity contribution is 9.10. The minimum absolute atomic E-state index is 0.458. The number of carboxylic acid groups (broad SMARTS) is 1. The number of amides is 1. The second-order valence-corrected chi connectivity index (χ2v) is 8.51. The van der Waals surface area contributed by atoms with Crippen molar-refractivity contribution in [1.82, 2.24) is 15.1 Å². The number of aromatic nitrogens is 2. The molecule has 2 aromatic carbocycles. The van der Waals surface area contributed by atoms with E-state index in [1.807, 2.05) is 31.1 Å². The SMILES string of the molecule is CN(C)CCOc1cc(-c2cn[nH]c2)ccc1NC(=O)C(O)c1ccc(Br)cc1.O=C(O)C(F)(F)F. The van der Waals surface area contributed by atoms with Gasteiger partial charge in [0, 0.05) is 22.8 Å². The van der Waals surface area contributed by atoms with Gasteiger partial charge >= 0.3 is 12.1 Å². The van der Waals surface area contributed by atoms with Crippen molar-refractivity contribution in [3.05, 3.63) is 64.9 Å². The molecule has 1 atom stereocenters. The zero-order valence-corrected chi connectivity index (χ0v) is 20.8. The highest BCUT2D eigenvalue weighted by Crippen LogP contribution is 2.31. The van der Waals surface area contributed by atoms with E-state index in [0.29, 0.717) is 23.6 Å². The Kier molecular flexibility index (Phi) is 10.4. The minimum Gasteiger partial charge on any atom is -0.490 e. The summed E-state index contributed by atoms with van der Waals surface area (Å²) in [4.78, 5) is 23.5. The Labute approximate surface area is 213 Å². The lowest BCUT2D eigenvalue weighted by Crippen LogP contribution is -2.22. The number of rotatable bonds is 8. The number of halogens is 4. The molecule has 9 nitrogen and oxygen atoms in total. The zero-order chi connectivity index (χ0) is 26.9. The van der Waals surface area contributed by atoms with E-state index in [0.717, 1.165) is 22.1 Å². The van der Waals surface area contributed by atoms with E-state index in [-0.39, 0.29) is 0 Å². The van der Waals surface area contributed by atoms with Crippen molar-refractivity contribution in [3.63, 3.8) is 0 Å². The smallest absolute Gasteiger partial charge is 0.490 e. The van der Waals surface area contributed by atoms with Gasteiger partial charge in [0.25, 0.3) is 5.91 Å². The summed E-state index contributed by atoms with van der Waals surface area (Å²) in [6.07, 6.45) is -2.87. The van der Waals surface area contributed by atoms with Crippen LogP contribution < -0.4 is 10.1 Å². The summed E-state index contributed by atoms with van der Waals surface area (Å²) >= 11 is 3.34. The fourth-order valence-electron chi connectivity index (χ4n) is 2.67. The molecule has 0 aliphatic rings. The van der Waals surface area contributed by atoms with Gasteiger partial charge in [-0.1, -0.05) is 34.1 Å². The van der Waals surface area contributed by atoms with Gasteiger partial charge in [0.05, 0.1) is 11.9 Å². The number of hydrogen-bond donors (Lipinski definition) is 4. The molecule has 4 N–H and O–H groups in total. The lowest BCUT2D eigenvalue weighted by atomic mass is 10.1. The van der Waals surface area contributed by atoms with Crippen LogP contribution in [-0.2, 0) is 9.59 Å². The van der Waals surface area contributed by atoms with Crippen molar-refractivity contribution in [1.29, 1.82) is 0 Å². The molecule has 1 aromatic heterocycles. The van der Waals surface area contributed by atoms with Gasteiger partial charge in [-0.3, -0.25) is 9.89 Å². The number of alkyl halides is 3. The first kappa shape index (κ1) is 28.8. The Hall–Kier alpha value is -3.42. The molecule has 0 aliphatic heterocycles. The summed E-state index contributed by atoms with van der Waals surface area (Å²) in [6.45, 7) is 1.19. The third kappa shape index (κ3) is 8.98. The molecule has 1 unspecified atom stereocenters. The van der Waals surface area contributed by atoms with Crippen molar-refractivity contribution in [2.75, 3.05) is 32.6 Å². The summed E-state index contributed by atoms with van der Waals surface area (Å²) in [6, 6.07) is 12.4. The maximum Gasteiger partial charge on any atom is 0.490 e. The first-order valence-electron chi connectivity index (χ1n) is 10.3. The van der Waals surface area contributed by atoms with Gasteiger partial charge in [-0.2, -0.15) is 18.3 Å². The molecule has 0 fully saturated rings. The molecule has 0 radical (unpaired) electrons. The molecule has 0 spiro atoms. The molecule has 0 aliphatic carbocycles. The molecular formula is C23H24BrF3N4O5. The molecule has 0 bridgehead atoms. The number of nitrogens with zero attached hydrogens (tertiary/aromatic N) is 2. The summed E-state index contributed by atoms with van der Waals surface area (Å²) in [7, 11) is 3.92. The first-order valence-corrected chi connectivity index (χ1v) is 11.1. The van der Waals surface area contributed by atoms with Crippen LogP contribution in [0.4, 0.5) is 18.9 Å². The lowest BCUT2D eigenvalue weighted by Gasteiger charge is -2.17. The Morgan fingerprint density at radius 3 is 2.33 bits per heavy atom. The van der Waals surface area contributed by atoms with Gasteiger partial charge in [0.2, 0.25) is 0 Å². The normalized spacial score (nSPS) is 11.9. The number of nitrogens with one attached hydrogen (secondary N) is 2. The first-order chi connectivity index (χ1) is 16.9. The fourth-order valence-corrected chi connectivity index (χ4v) is 2.93. The van der Waals surface area contributed by atoms with E-state index in [2.05, 4.69) is 31.4 Å². The van der Waals surface area contributed by atoms with E-state index in [1.165, 1.54) is 0 Å². The monoisotopic (exact) mass is 572 g/mol. The van der Waals surface area contributed by atoms with Crippen LogP contribution in [-0.4, -0.2) is 70.6 Å². The molecule has 0 saturated heterocycles. The van der Waals surface area contributed by atoms with E-state index in [9.17, 15) is 23.1 Å². The highest BCUT2D eigenvalue weighted by Gasteiger charge is 2.38. The number of benzene rings is 2. The average molecular weight is 573 g/mol. The Morgan fingerprint density at radius 1 is 1.17 bits per heavy atom. The van der Waals surface area contributed by atoms with Gasteiger partial charge < -0.3 is 25.2 Å². The number of H-pyrrole nitrogens is 1. The Balaban J connectivity index is 0.000000572. The number of carboxylic acids is 1. The van der Waals surface area contributed by atoms with Gasteiger partial charge in [-0.25, -0.2) is 4.79 Å². The zero-order valence-electron chi connectivity index (χ0n) is 19.2. The van der Waals surface area contributed by atoms with E-state index < -0.39 is 24.2 Å². The van der Waals surface area contributed by atoms with E-state index >= 15 is 0 Å². The largest absolute Gasteiger partial charge is 0.490 e. The van der Waals surface area contributed by atoms with Crippen molar-refractivity contribution in [2.24, 2.45) is 0 Å². The van der Waals surface area contributed by atoms with Crippen LogP contribution in [0.15, 0.2) is 59.3 Å². The number of carbonyl (C=O) groups excluding carboxylic acids is 1. The standard InChI is InChI=1S/C21H23BrN4O3.C2HF3O2/c1-26(2)9-10-29-19-11-15(16-12-23-24-13-16)5-8-18(19)25-21(28)20(27)14-3-6-17(22)7-4-14;3-2(4,5)1(6)7/h3-8,11-13,20,27H,9-10H2,1-2H3,(H,23,24)(H,25,28);(H,6,7). The van der Waals surface area contributed by atoms with Gasteiger partial charge in [-0.15, -0.1) is 0 Å². The van der Waals surface area contributed by atoms with Crippen LogP contribution in [0.3, 0.4) is 0 Å². The van der Waals surface area contributed by atoms with Gasteiger partial charge in [0.1, 0.15) is 12.4 Å². The number of anilines is 1. The number of aliphatic hydroxyl groups excluding tert-OH is 1. The summed E-state index contributed by atoms with van der Waals surface area (Å²) in [5.74, 6) is -2.75. The van der Waals surface area contributed by atoms with E-state index in [4.69, 9.17) is 14.6 Å². The Morgan fingerprint density at radius 2 is 1.81 bits per heavy atom. The number of ether oxygens (including phenoxy) is 1. The molecule has 13 heteroatoms. The molecule has 3 aromatic rings. The summed E-state index contributed by atoms with van der Waals surface area (Å²) in [5, 5.41) is 27.0. The molecule has 0 saturated carbocycles. The number of hydrogen-bond acceptors (Lipinski definition) is 6. The molecule has 194 valence electrons. The third-order valence-electron chi connectivity index (χ3n) is 4.54. The summed E-state index contributed by atoms with van der Waals surface area (Å²) < 4.78 is 38.5. The number of carbonyl (C=O) groups is 2. The van der Waals surface area contributed by atoms with Crippen molar-refractivity contribution < 1.29 is 37.7 Å². The van der Waals surface area contributed by atoms with E-state index in [1.54, 1.807) is 42.7 Å². The van der Waals surface area contributed by atoms with Crippen LogP contribution in [0.5, 0.6) is 5.75 Å². The number of aromatic amines is 1. The van der Waals surface area contributed by atoms with Crippen LogP contribution in [0.2, 0.25) is 0 Å². The van der Waals surface area contributed by atoms with Crippen molar-refractivity contribution in [3.8, 4) is 16.9 Å². The Bertz CT molecular complexity index is 1140. The molecule has 1 amide bonds. The minimum atomic E-state index is -5.08. The van der Waals surface area contributed by atoms with Crippen LogP contribution in [0.25, 0.3) is 11.1 Å². The van der Waals surface area contributed by atoms with Crippen molar-refractivity contribution in [2.45, 2.75) is 12.3 Å². The maximum absolute atomic E-state index is 12.6. The molecule has 1 heterocycles. The van der Waals surface area contributed by atoms with Gasteiger partial charge in [-0.05, 0) is 49.5 Å². The summed E-state index contributed by atoms with van der Waals surface area (Å²) in [5.41, 5.74) is 2.83. The second-order valence-electron chi connectivity index (χ2n) is 7.60. The quantitative estimate of drug-likeness (QED) is 0.320. The fraction of sp³-hybridized carbons (Fsp3) is 0.261. The van der Waals surface area contributed by atoms with Crippen LogP contribution >= 0.6 is 15.9 Å². The van der Waals surface area contributed by atoms with Crippen LogP contribution in [0.1, 0.15) is 11.7 Å².